The van der Waals surface area contributed by atoms with Crippen LogP contribution in [0.15, 0.2) is 36.4 Å². The lowest BCUT2D eigenvalue weighted by Gasteiger charge is -2.16. The molecule has 0 aromatic heterocycles. The molecule has 0 spiro atoms. The van der Waals surface area contributed by atoms with E-state index >= 15 is 0 Å². The standard InChI is InChI=1S/C25H31NO5/c1-15(2)30-21-10-8-20(14-22(21)29-7)9-11-23(27)31-19(6)25(28)26-24-17(4)12-16(3)13-18(24)5/h8-15,19H,1-7H3,(H,26,28)/b11-9+/t19-/m0/s1. The van der Waals surface area contributed by atoms with Crippen LogP contribution in [0.5, 0.6) is 11.5 Å². The monoisotopic (exact) mass is 425 g/mol. The Labute approximate surface area is 184 Å². The van der Waals surface area contributed by atoms with E-state index in [-0.39, 0.29) is 12.0 Å². The lowest BCUT2D eigenvalue weighted by molar-refractivity contribution is -0.148. The number of hydrogen-bond acceptors (Lipinski definition) is 5. The van der Waals surface area contributed by atoms with E-state index in [4.69, 9.17) is 14.2 Å². The molecule has 0 aliphatic rings. The van der Waals surface area contributed by atoms with Gasteiger partial charge in [0.15, 0.2) is 17.6 Å². The van der Waals surface area contributed by atoms with Crippen LogP contribution in [-0.2, 0) is 14.3 Å². The topological polar surface area (TPSA) is 73.9 Å². The van der Waals surface area contributed by atoms with Gasteiger partial charge in [0.2, 0.25) is 0 Å². The van der Waals surface area contributed by atoms with E-state index in [0.29, 0.717) is 11.5 Å². The van der Waals surface area contributed by atoms with Crippen molar-refractivity contribution in [1.29, 1.82) is 0 Å². The molecule has 166 valence electrons. The fourth-order valence-corrected chi connectivity index (χ4v) is 3.17. The van der Waals surface area contributed by atoms with E-state index in [2.05, 4.69) is 5.32 Å². The van der Waals surface area contributed by atoms with Crippen LogP contribution in [0.2, 0.25) is 0 Å². The van der Waals surface area contributed by atoms with Gasteiger partial charge in [0.05, 0.1) is 13.2 Å². The molecule has 0 radical (unpaired) electrons. The Morgan fingerprint density at radius 1 is 0.968 bits per heavy atom. The first-order valence-electron chi connectivity index (χ1n) is 10.2. The highest BCUT2D eigenvalue weighted by Gasteiger charge is 2.18. The zero-order valence-electron chi connectivity index (χ0n) is 19.2. The van der Waals surface area contributed by atoms with Crippen LogP contribution in [0.4, 0.5) is 5.69 Å². The third-order valence-electron chi connectivity index (χ3n) is 4.55. The molecule has 1 atom stereocenters. The number of methoxy groups -OCH3 is 1. The second-order valence-electron chi connectivity index (χ2n) is 7.75. The minimum Gasteiger partial charge on any atom is -0.493 e. The zero-order chi connectivity index (χ0) is 23.1. The fourth-order valence-electron chi connectivity index (χ4n) is 3.17. The van der Waals surface area contributed by atoms with Gasteiger partial charge in [-0.15, -0.1) is 0 Å². The number of nitrogens with one attached hydrogen (secondary N) is 1. The highest BCUT2D eigenvalue weighted by atomic mass is 16.5. The molecule has 0 bridgehead atoms. The largest absolute Gasteiger partial charge is 0.493 e. The Kier molecular flexibility index (Phi) is 8.25. The van der Waals surface area contributed by atoms with Gasteiger partial charge in [-0.1, -0.05) is 23.8 Å². The number of rotatable bonds is 8. The van der Waals surface area contributed by atoms with Crippen LogP contribution in [0.25, 0.3) is 6.08 Å². The molecule has 6 heteroatoms. The zero-order valence-corrected chi connectivity index (χ0v) is 19.2. The number of ether oxygens (including phenoxy) is 3. The highest BCUT2D eigenvalue weighted by molar-refractivity contribution is 5.97. The predicted molar refractivity (Wildman–Crippen MR) is 123 cm³/mol. The average molecular weight is 426 g/mol. The molecule has 2 aromatic rings. The summed E-state index contributed by atoms with van der Waals surface area (Å²) in [4.78, 5) is 24.7. The minimum absolute atomic E-state index is 0.0189. The average Bonchev–Trinajstić information content (AvgIpc) is 2.69. The molecule has 0 unspecified atom stereocenters. The number of aryl methyl sites for hydroxylation is 3. The van der Waals surface area contributed by atoms with Crippen molar-refractivity contribution in [3.05, 3.63) is 58.7 Å². The first kappa shape index (κ1) is 24.0. The van der Waals surface area contributed by atoms with Crippen molar-refractivity contribution in [3.8, 4) is 11.5 Å². The van der Waals surface area contributed by atoms with Crippen molar-refractivity contribution >= 4 is 23.6 Å². The molecule has 0 aliphatic heterocycles. The highest BCUT2D eigenvalue weighted by Crippen LogP contribution is 2.29. The van der Waals surface area contributed by atoms with Crippen molar-refractivity contribution < 1.29 is 23.8 Å². The smallest absolute Gasteiger partial charge is 0.331 e. The summed E-state index contributed by atoms with van der Waals surface area (Å²) in [6, 6.07) is 9.34. The normalized spacial score (nSPS) is 12.0. The lowest BCUT2D eigenvalue weighted by Crippen LogP contribution is -2.30. The van der Waals surface area contributed by atoms with E-state index in [1.165, 1.54) is 6.08 Å². The molecule has 0 saturated carbocycles. The molecule has 0 fully saturated rings. The van der Waals surface area contributed by atoms with E-state index in [9.17, 15) is 9.59 Å². The Hall–Kier alpha value is -3.28. The van der Waals surface area contributed by atoms with E-state index in [1.54, 1.807) is 32.2 Å². The summed E-state index contributed by atoms with van der Waals surface area (Å²) in [5.41, 5.74) is 4.53. The molecule has 0 heterocycles. The molecule has 2 aromatic carbocycles. The maximum Gasteiger partial charge on any atom is 0.331 e. The summed E-state index contributed by atoms with van der Waals surface area (Å²) in [5.74, 6) is 0.208. The van der Waals surface area contributed by atoms with E-state index in [0.717, 1.165) is 27.9 Å². The Morgan fingerprint density at radius 2 is 1.61 bits per heavy atom. The van der Waals surface area contributed by atoms with Gasteiger partial charge in [-0.25, -0.2) is 4.79 Å². The summed E-state index contributed by atoms with van der Waals surface area (Å²) >= 11 is 0. The van der Waals surface area contributed by atoms with Crippen LogP contribution in [0.3, 0.4) is 0 Å². The summed E-state index contributed by atoms with van der Waals surface area (Å²) in [6.45, 7) is 11.3. The lowest BCUT2D eigenvalue weighted by atomic mass is 10.0. The van der Waals surface area contributed by atoms with Crippen LogP contribution in [-0.4, -0.2) is 31.2 Å². The van der Waals surface area contributed by atoms with E-state index in [1.807, 2.05) is 52.8 Å². The van der Waals surface area contributed by atoms with Gasteiger partial charge in [0.25, 0.3) is 5.91 Å². The molecular formula is C25H31NO5. The van der Waals surface area contributed by atoms with Crippen LogP contribution >= 0.6 is 0 Å². The van der Waals surface area contributed by atoms with Crippen LogP contribution in [0, 0.1) is 20.8 Å². The Bertz CT molecular complexity index is 955. The molecule has 6 nitrogen and oxygen atoms in total. The van der Waals surface area contributed by atoms with Gasteiger partial charge in [-0.3, -0.25) is 4.79 Å². The van der Waals surface area contributed by atoms with Gasteiger partial charge in [0.1, 0.15) is 0 Å². The second-order valence-corrected chi connectivity index (χ2v) is 7.75. The van der Waals surface area contributed by atoms with Crippen molar-refractivity contribution in [1.82, 2.24) is 0 Å². The van der Waals surface area contributed by atoms with Crippen LogP contribution in [0.1, 0.15) is 43.0 Å². The molecule has 0 aliphatic carbocycles. The van der Waals surface area contributed by atoms with Crippen molar-refractivity contribution in [2.75, 3.05) is 12.4 Å². The van der Waals surface area contributed by atoms with Gasteiger partial charge < -0.3 is 19.5 Å². The summed E-state index contributed by atoms with van der Waals surface area (Å²) in [5, 5.41) is 2.85. The third kappa shape index (κ3) is 6.88. The quantitative estimate of drug-likeness (QED) is 0.476. The number of carbonyl (C=O) groups is 2. The summed E-state index contributed by atoms with van der Waals surface area (Å²) < 4.78 is 16.3. The molecule has 1 N–H and O–H groups in total. The van der Waals surface area contributed by atoms with Crippen LogP contribution < -0.4 is 14.8 Å². The number of hydrogen-bond donors (Lipinski definition) is 1. The van der Waals surface area contributed by atoms with Gasteiger partial charge in [-0.2, -0.15) is 0 Å². The molecule has 1 amide bonds. The van der Waals surface area contributed by atoms with E-state index < -0.39 is 12.1 Å². The number of esters is 1. The van der Waals surface area contributed by atoms with Gasteiger partial charge in [-0.05, 0) is 76.4 Å². The molecular weight excluding hydrogens is 394 g/mol. The second kappa shape index (κ2) is 10.7. The van der Waals surface area contributed by atoms with Crippen molar-refractivity contribution in [3.63, 3.8) is 0 Å². The summed E-state index contributed by atoms with van der Waals surface area (Å²) in [6.07, 6.45) is 1.96. The van der Waals surface area contributed by atoms with Gasteiger partial charge >= 0.3 is 5.97 Å². The third-order valence-corrected chi connectivity index (χ3v) is 4.55. The summed E-state index contributed by atoms with van der Waals surface area (Å²) in [7, 11) is 1.56. The number of amides is 1. The number of carbonyl (C=O) groups excluding carboxylic acids is 2. The first-order chi connectivity index (χ1) is 14.6. The fraction of sp³-hybridized carbons (Fsp3) is 0.360. The van der Waals surface area contributed by atoms with Gasteiger partial charge in [0, 0.05) is 11.8 Å². The minimum atomic E-state index is -0.936. The molecule has 2 rings (SSSR count). The van der Waals surface area contributed by atoms with Crippen molar-refractivity contribution in [2.45, 2.75) is 53.8 Å². The SMILES string of the molecule is COc1cc(/C=C/C(=O)O[C@@H](C)C(=O)Nc2c(C)cc(C)cc2C)ccc1OC(C)C. The Morgan fingerprint density at radius 3 is 2.19 bits per heavy atom. The maximum atomic E-state index is 12.5. The number of anilines is 1. The first-order valence-corrected chi connectivity index (χ1v) is 10.2. The Balaban J connectivity index is 2.00. The van der Waals surface area contributed by atoms with Crippen molar-refractivity contribution in [2.24, 2.45) is 0 Å². The number of benzene rings is 2. The molecule has 31 heavy (non-hydrogen) atoms. The predicted octanol–water partition coefficient (Wildman–Crippen LogP) is 4.99. The molecule has 0 saturated heterocycles. The maximum absolute atomic E-state index is 12.5.